The van der Waals surface area contributed by atoms with Gasteiger partial charge in [0, 0.05) is 38.1 Å². The second-order valence-corrected chi connectivity index (χ2v) is 6.55. The van der Waals surface area contributed by atoms with Crippen molar-refractivity contribution in [1.82, 2.24) is 29.7 Å². The number of aryl methyl sites for hydroxylation is 1. The molecule has 0 radical (unpaired) electrons. The van der Waals surface area contributed by atoms with Crippen LogP contribution < -0.4 is 5.32 Å². The molecule has 1 N–H and O–H groups in total. The fraction of sp³-hybridized carbons (Fsp3) is 0.444. The van der Waals surface area contributed by atoms with Gasteiger partial charge >= 0.3 is 0 Å². The van der Waals surface area contributed by atoms with E-state index >= 15 is 0 Å². The third-order valence-electron chi connectivity index (χ3n) is 4.78. The maximum Gasteiger partial charge on any atom is 0.200 e. The zero-order chi connectivity index (χ0) is 17.1. The van der Waals surface area contributed by atoms with E-state index in [1.54, 1.807) is 10.8 Å². The van der Waals surface area contributed by atoms with Crippen LogP contribution in [0.1, 0.15) is 31.0 Å². The van der Waals surface area contributed by atoms with Gasteiger partial charge in [-0.1, -0.05) is 6.92 Å². The molecule has 4 heterocycles. The Bertz CT molecular complexity index is 822. The molecule has 0 amide bonds. The van der Waals surface area contributed by atoms with Gasteiger partial charge in [-0.05, 0) is 43.0 Å². The molecule has 0 aromatic carbocycles. The van der Waals surface area contributed by atoms with Crippen LogP contribution in [-0.4, -0.2) is 48.8 Å². The molecule has 3 aromatic rings. The van der Waals surface area contributed by atoms with E-state index in [4.69, 9.17) is 0 Å². The second kappa shape index (κ2) is 7.14. The molecule has 1 fully saturated rings. The minimum absolute atomic E-state index is 0.460. The van der Waals surface area contributed by atoms with Crippen LogP contribution in [0.15, 0.2) is 36.9 Å². The molecule has 7 nitrogen and oxygen atoms in total. The van der Waals surface area contributed by atoms with Crippen molar-refractivity contribution in [2.24, 2.45) is 0 Å². The van der Waals surface area contributed by atoms with E-state index in [-0.39, 0.29) is 0 Å². The largest absolute Gasteiger partial charge is 0.379 e. The number of likely N-dealkylation sites (tertiary alicyclic amines) is 1. The summed E-state index contributed by atoms with van der Waals surface area (Å²) in [6, 6.07) is 6.75. The lowest BCUT2D eigenvalue weighted by Crippen LogP contribution is -2.38. The maximum absolute atomic E-state index is 4.50. The smallest absolute Gasteiger partial charge is 0.200 e. The molecule has 3 aromatic heterocycles. The molecular weight excluding hydrogens is 314 g/mol. The summed E-state index contributed by atoms with van der Waals surface area (Å²) in [6.07, 6.45) is 8.53. The fourth-order valence-electron chi connectivity index (χ4n) is 3.36. The van der Waals surface area contributed by atoms with Crippen LogP contribution in [0.4, 0.5) is 5.69 Å². The average Bonchev–Trinajstić information content (AvgIpc) is 3.13. The monoisotopic (exact) mass is 337 g/mol. The number of nitrogens with zero attached hydrogens (tertiary/aromatic N) is 6. The van der Waals surface area contributed by atoms with Crippen LogP contribution in [0.25, 0.3) is 5.65 Å². The molecule has 130 valence electrons. The van der Waals surface area contributed by atoms with E-state index in [1.807, 2.05) is 12.4 Å². The number of nitrogens with one attached hydrogen (secondary N) is 1. The quantitative estimate of drug-likeness (QED) is 0.769. The van der Waals surface area contributed by atoms with Crippen LogP contribution in [0.3, 0.4) is 0 Å². The van der Waals surface area contributed by atoms with Crippen molar-refractivity contribution in [2.45, 2.75) is 38.8 Å². The number of rotatable bonds is 5. The molecule has 0 saturated carbocycles. The van der Waals surface area contributed by atoms with Crippen LogP contribution in [0.5, 0.6) is 0 Å². The number of piperidine rings is 1. The first-order valence-electron chi connectivity index (χ1n) is 8.89. The standard InChI is InChI=1S/C18H23N7/c1-2-15-11-17(18-22-20-13-25(18)23-15)21-16-5-9-24(10-6-16)12-14-3-7-19-8-4-14/h3-4,7-8,11,13,16,21H,2,5-6,9-10,12H2,1H3. The second-order valence-electron chi connectivity index (χ2n) is 6.55. The molecule has 0 bridgehead atoms. The van der Waals surface area contributed by atoms with Crippen LogP contribution in [0, 0.1) is 0 Å². The summed E-state index contributed by atoms with van der Waals surface area (Å²) >= 11 is 0. The van der Waals surface area contributed by atoms with E-state index in [0.717, 1.165) is 55.9 Å². The number of pyridine rings is 1. The van der Waals surface area contributed by atoms with Gasteiger partial charge in [-0.15, -0.1) is 10.2 Å². The van der Waals surface area contributed by atoms with Gasteiger partial charge in [0.15, 0.2) is 0 Å². The molecule has 0 atom stereocenters. The molecule has 1 aliphatic heterocycles. The Morgan fingerprint density at radius 1 is 1.20 bits per heavy atom. The SMILES string of the molecule is CCc1cc(NC2CCN(Cc3ccncc3)CC2)c2nncn2n1. The molecule has 7 heteroatoms. The number of anilines is 1. The van der Waals surface area contributed by atoms with Gasteiger partial charge in [0.25, 0.3) is 0 Å². The lowest BCUT2D eigenvalue weighted by molar-refractivity contribution is 0.211. The highest BCUT2D eigenvalue weighted by molar-refractivity contribution is 5.67. The van der Waals surface area contributed by atoms with Gasteiger partial charge in [-0.2, -0.15) is 9.61 Å². The zero-order valence-corrected chi connectivity index (χ0v) is 14.5. The summed E-state index contributed by atoms with van der Waals surface area (Å²) in [6.45, 7) is 5.29. The first kappa shape index (κ1) is 16.0. The highest BCUT2D eigenvalue weighted by atomic mass is 15.3. The summed E-state index contributed by atoms with van der Waals surface area (Å²) in [4.78, 5) is 6.59. The van der Waals surface area contributed by atoms with Gasteiger partial charge in [0.1, 0.15) is 6.33 Å². The number of hydrogen-bond donors (Lipinski definition) is 1. The third-order valence-corrected chi connectivity index (χ3v) is 4.78. The van der Waals surface area contributed by atoms with Crippen molar-refractivity contribution in [3.63, 3.8) is 0 Å². The van der Waals surface area contributed by atoms with E-state index < -0.39 is 0 Å². The predicted octanol–water partition coefficient (Wildman–Crippen LogP) is 2.16. The number of hydrogen-bond acceptors (Lipinski definition) is 6. The van der Waals surface area contributed by atoms with Gasteiger partial charge < -0.3 is 5.32 Å². The fourth-order valence-corrected chi connectivity index (χ4v) is 3.36. The highest BCUT2D eigenvalue weighted by Crippen LogP contribution is 2.21. The Kier molecular flexibility index (Phi) is 4.56. The first-order chi connectivity index (χ1) is 12.3. The van der Waals surface area contributed by atoms with E-state index in [2.05, 4.69) is 55.6 Å². The molecular formula is C18H23N7. The van der Waals surface area contributed by atoms with Crippen molar-refractivity contribution < 1.29 is 0 Å². The van der Waals surface area contributed by atoms with Crippen molar-refractivity contribution >= 4 is 11.3 Å². The normalized spacial score (nSPS) is 16.4. The van der Waals surface area contributed by atoms with E-state index in [1.165, 1.54) is 5.56 Å². The van der Waals surface area contributed by atoms with Crippen molar-refractivity contribution in [3.05, 3.63) is 48.2 Å². The van der Waals surface area contributed by atoms with Crippen LogP contribution >= 0.6 is 0 Å². The maximum atomic E-state index is 4.50. The van der Waals surface area contributed by atoms with Crippen LogP contribution in [-0.2, 0) is 13.0 Å². The van der Waals surface area contributed by atoms with Crippen LogP contribution in [0.2, 0.25) is 0 Å². The summed E-state index contributed by atoms with van der Waals surface area (Å²) in [5, 5.41) is 16.4. The summed E-state index contributed by atoms with van der Waals surface area (Å²) in [7, 11) is 0. The lowest BCUT2D eigenvalue weighted by Gasteiger charge is -2.32. The molecule has 4 rings (SSSR count). The average molecular weight is 337 g/mol. The summed E-state index contributed by atoms with van der Waals surface area (Å²) < 4.78 is 1.76. The number of fused-ring (bicyclic) bond motifs is 1. The van der Waals surface area contributed by atoms with Gasteiger partial charge in [0.2, 0.25) is 5.65 Å². The van der Waals surface area contributed by atoms with Crippen molar-refractivity contribution in [3.8, 4) is 0 Å². The highest BCUT2D eigenvalue weighted by Gasteiger charge is 2.20. The van der Waals surface area contributed by atoms with E-state index in [9.17, 15) is 0 Å². The number of aromatic nitrogens is 5. The van der Waals surface area contributed by atoms with Gasteiger partial charge in [0.05, 0.1) is 11.4 Å². The Hall–Kier alpha value is -2.54. The Morgan fingerprint density at radius 2 is 2.00 bits per heavy atom. The van der Waals surface area contributed by atoms with Crippen molar-refractivity contribution in [2.75, 3.05) is 18.4 Å². The molecule has 1 aliphatic rings. The summed E-state index contributed by atoms with van der Waals surface area (Å²) in [5.41, 5.74) is 4.21. The van der Waals surface area contributed by atoms with Gasteiger partial charge in [-0.3, -0.25) is 9.88 Å². The Balaban J connectivity index is 1.39. The third kappa shape index (κ3) is 3.61. The summed E-state index contributed by atoms with van der Waals surface area (Å²) in [5.74, 6) is 0. The zero-order valence-electron chi connectivity index (χ0n) is 14.5. The molecule has 25 heavy (non-hydrogen) atoms. The molecule has 0 unspecified atom stereocenters. The Labute approximate surface area is 147 Å². The van der Waals surface area contributed by atoms with E-state index in [0.29, 0.717) is 6.04 Å². The first-order valence-corrected chi connectivity index (χ1v) is 8.89. The molecule has 0 aliphatic carbocycles. The molecule has 1 saturated heterocycles. The van der Waals surface area contributed by atoms with Gasteiger partial charge in [-0.25, -0.2) is 0 Å². The minimum Gasteiger partial charge on any atom is -0.379 e. The molecule has 0 spiro atoms. The van der Waals surface area contributed by atoms with Crippen molar-refractivity contribution in [1.29, 1.82) is 0 Å². The Morgan fingerprint density at radius 3 is 2.76 bits per heavy atom. The predicted molar refractivity (Wildman–Crippen MR) is 96.3 cm³/mol. The topological polar surface area (TPSA) is 71.2 Å². The lowest BCUT2D eigenvalue weighted by atomic mass is 10.0. The minimum atomic E-state index is 0.460.